The lowest BCUT2D eigenvalue weighted by Crippen LogP contribution is -2.45. The number of ether oxygens (including phenoxy) is 8. The average Bonchev–Trinajstić information content (AvgIpc) is 3.11. The van der Waals surface area contributed by atoms with E-state index in [0.29, 0.717) is 64.0 Å². The summed E-state index contributed by atoms with van der Waals surface area (Å²) >= 11 is 2.25. The van der Waals surface area contributed by atoms with Gasteiger partial charge in [0, 0.05) is 36.6 Å². The molecule has 0 aromatic heterocycles. The fraction of sp³-hybridized carbons (Fsp3) is 0.861. The zero-order valence-corrected chi connectivity index (χ0v) is 37.0. The molecule has 0 rings (SSSR count). The van der Waals surface area contributed by atoms with Gasteiger partial charge >= 0.3 is 19.5 Å². The zero-order chi connectivity index (χ0) is 42.3. The highest BCUT2D eigenvalue weighted by molar-refractivity contribution is 8.14. The van der Waals surface area contributed by atoms with E-state index in [1.807, 2.05) is 41.5 Å². The molecule has 1 atom stereocenters. The predicted molar refractivity (Wildman–Crippen MR) is 213 cm³/mol. The van der Waals surface area contributed by atoms with Gasteiger partial charge in [0.25, 0.3) is 0 Å². The van der Waals surface area contributed by atoms with Crippen LogP contribution in [0.5, 0.6) is 0 Å². The van der Waals surface area contributed by atoms with E-state index in [1.54, 1.807) is 14.2 Å². The Kier molecular flexibility index (Phi) is 31.3. The molecule has 1 amide bonds. The third kappa shape index (κ3) is 30.4. The SMILES string of the molecule is COCCOCCOCCOC(=O)C[C@H](NC(=O)CP(=O)(OCCCSC(=O)C(C)(C)C)OCCCSC(=O)C(C)(C)C)C(=O)OCCOCCOCCOC. The molecule has 0 unspecified atom stereocenters. The Morgan fingerprint density at radius 3 is 1.38 bits per heavy atom. The number of rotatable bonds is 34. The van der Waals surface area contributed by atoms with Crippen LogP contribution in [-0.4, -0.2) is 159 Å². The van der Waals surface area contributed by atoms with E-state index < -0.39 is 54.9 Å². The summed E-state index contributed by atoms with van der Waals surface area (Å²) in [5, 5.41) is 2.39. The molecule has 0 radical (unpaired) electrons. The third-order valence-corrected chi connectivity index (χ3v) is 11.3. The number of hydrogen-bond acceptors (Lipinski definition) is 18. The van der Waals surface area contributed by atoms with Crippen LogP contribution in [0.25, 0.3) is 0 Å². The smallest absolute Gasteiger partial charge is 0.340 e. The second-order valence-corrected chi connectivity index (χ2v) is 18.3. The van der Waals surface area contributed by atoms with Gasteiger partial charge in [0.1, 0.15) is 25.4 Å². The van der Waals surface area contributed by atoms with Gasteiger partial charge in [-0.05, 0) is 12.8 Å². The Morgan fingerprint density at radius 2 is 0.964 bits per heavy atom. The Bertz CT molecular complexity index is 1120. The van der Waals surface area contributed by atoms with Gasteiger partial charge in [0.05, 0.1) is 85.7 Å². The third-order valence-electron chi connectivity index (χ3n) is 6.74. The minimum Gasteiger partial charge on any atom is -0.463 e. The highest BCUT2D eigenvalue weighted by atomic mass is 32.2. The summed E-state index contributed by atoms with van der Waals surface area (Å²) in [6.07, 6.45) is -0.697. The Hall–Kier alpha value is -1.64. The molecule has 0 aliphatic rings. The summed E-state index contributed by atoms with van der Waals surface area (Å²) in [5.74, 6) is -1.89. The molecule has 1 N–H and O–H groups in total. The minimum atomic E-state index is -4.11. The van der Waals surface area contributed by atoms with Crippen molar-refractivity contribution in [2.75, 3.05) is 124 Å². The van der Waals surface area contributed by atoms with Gasteiger partial charge in [0.15, 0.2) is 10.2 Å². The van der Waals surface area contributed by atoms with Gasteiger partial charge in [0.2, 0.25) is 5.91 Å². The first-order valence-corrected chi connectivity index (χ1v) is 22.3. The lowest BCUT2D eigenvalue weighted by Gasteiger charge is -2.21. The number of nitrogens with one attached hydrogen (secondary N) is 1. The number of methoxy groups -OCH3 is 2. The van der Waals surface area contributed by atoms with Crippen molar-refractivity contribution in [3.8, 4) is 0 Å². The second kappa shape index (κ2) is 32.2. The van der Waals surface area contributed by atoms with Crippen LogP contribution in [0.2, 0.25) is 0 Å². The van der Waals surface area contributed by atoms with Crippen molar-refractivity contribution in [2.45, 2.75) is 66.8 Å². The Morgan fingerprint density at radius 1 is 0.571 bits per heavy atom. The topological polar surface area (TPSA) is 207 Å². The van der Waals surface area contributed by atoms with Gasteiger partial charge in [-0.25, -0.2) is 4.79 Å². The van der Waals surface area contributed by atoms with Crippen LogP contribution in [0.1, 0.15) is 60.8 Å². The quantitative estimate of drug-likeness (QED) is 0.0553. The van der Waals surface area contributed by atoms with Crippen LogP contribution in [0.4, 0.5) is 0 Å². The summed E-state index contributed by atoms with van der Waals surface area (Å²) in [7, 11) is -0.989. The molecule has 0 aliphatic carbocycles. The maximum atomic E-state index is 13.8. The molecule has 0 aliphatic heterocycles. The summed E-state index contributed by atoms with van der Waals surface area (Å²) < 4.78 is 66.7. The molecule has 20 heteroatoms. The number of carbonyl (C=O) groups excluding carboxylic acids is 5. The van der Waals surface area contributed by atoms with Crippen LogP contribution in [0.3, 0.4) is 0 Å². The minimum absolute atomic E-state index is 0.00978. The molecule has 0 aromatic rings. The number of amides is 1. The summed E-state index contributed by atoms with van der Waals surface area (Å²) in [4.78, 5) is 63.6. The highest BCUT2D eigenvalue weighted by Crippen LogP contribution is 2.48. The monoisotopic (exact) mass is 863 g/mol. The van der Waals surface area contributed by atoms with Crippen molar-refractivity contribution >= 4 is 59.2 Å². The fourth-order valence-corrected chi connectivity index (χ4v) is 6.97. The zero-order valence-electron chi connectivity index (χ0n) is 34.5. The summed E-state index contributed by atoms with van der Waals surface area (Å²) in [6, 6.07) is -1.50. The fourth-order valence-electron chi connectivity index (χ4n) is 3.70. The van der Waals surface area contributed by atoms with Gasteiger partial charge in [-0.1, -0.05) is 65.1 Å². The molecule has 0 saturated heterocycles. The van der Waals surface area contributed by atoms with Crippen molar-refractivity contribution < 1.29 is 75.5 Å². The second-order valence-electron chi connectivity index (χ2n) is 14.1. The average molecular weight is 864 g/mol. The highest BCUT2D eigenvalue weighted by Gasteiger charge is 2.33. The first-order chi connectivity index (χ1) is 26.4. The lowest BCUT2D eigenvalue weighted by atomic mass is 9.99. The van der Waals surface area contributed by atoms with E-state index in [4.69, 9.17) is 46.9 Å². The van der Waals surface area contributed by atoms with Crippen molar-refractivity contribution in [1.29, 1.82) is 0 Å². The Balaban J connectivity index is 5.45. The number of hydrogen-bond donors (Lipinski definition) is 1. The molecule has 0 fully saturated rings. The molecule has 0 aromatic carbocycles. The van der Waals surface area contributed by atoms with Crippen LogP contribution in [0.15, 0.2) is 0 Å². The summed E-state index contributed by atoms with van der Waals surface area (Å²) in [6.45, 7) is 13.3. The summed E-state index contributed by atoms with van der Waals surface area (Å²) in [5.41, 5.74) is -1.06. The number of esters is 2. The molecule has 56 heavy (non-hydrogen) atoms. The molecule has 0 saturated carbocycles. The van der Waals surface area contributed by atoms with E-state index >= 15 is 0 Å². The number of carbonyl (C=O) groups is 5. The molecule has 17 nitrogen and oxygen atoms in total. The first-order valence-electron chi connectivity index (χ1n) is 18.6. The molecular formula is C36H66NO16PS2. The van der Waals surface area contributed by atoms with Gasteiger partial charge in [-0.2, -0.15) is 0 Å². The van der Waals surface area contributed by atoms with Crippen molar-refractivity contribution in [3.05, 3.63) is 0 Å². The Labute approximate surface area is 341 Å². The maximum Gasteiger partial charge on any atom is 0.340 e. The molecule has 0 bridgehead atoms. The van der Waals surface area contributed by atoms with Gasteiger partial charge in [-0.15, -0.1) is 0 Å². The standard InChI is InChI=1S/C36H66NO16PS2/c1-35(2,3)33(41)55-25-9-11-52-54(43,53-12-10-26-56-34(42)36(4,5)6)28-30(38)37-29(32(40)51-24-22-49-20-18-47-16-14-45-8)27-31(39)50-23-21-48-19-17-46-15-13-44-7/h29H,9-28H2,1-8H3,(H,37,38)/t29-/m0/s1. The van der Waals surface area contributed by atoms with E-state index in [9.17, 15) is 28.5 Å². The van der Waals surface area contributed by atoms with Gasteiger partial charge in [-0.3, -0.25) is 23.7 Å². The van der Waals surface area contributed by atoms with E-state index in [1.165, 1.54) is 0 Å². The van der Waals surface area contributed by atoms with E-state index in [2.05, 4.69) is 5.32 Å². The molecule has 328 valence electrons. The van der Waals surface area contributed by atoms with E-state index in [0.717, 1.165) is 23.5 Å². The maximum absolute atomic E-state index is 13.8. The molecular weight excluding hydrogens is 797 g/mol. The van der Waals surface area contributed by atoms with Gasteiger partial charge < -0.3 is 52.3 Å². The van der Waals surface area contributed by atoms with Crippen molar-refractivity contribution in [3.63, 3.8) is 0 Å². The van der Waals surface area contributed by atoms with Crippen LogP contribution < -0.4 is 5.32 Å². The van der Waals surface area contributed by atoms with Crippen molar-refractivity contribution in [1.82, 2.24) is 5.32 Å². The number of thioether (sulfide) groups is 2. The van der Waals surface area contributed by atoms with Crippen LogP contribution in [-0.2, 0) is 75.5 Å². The van der Waals surface area contributed by atoms with Crippen LogP contribution in [0, 0.1) is 10.8 Å². The predicted octanol–water partition coefficient (Wildman–Crippen LogP) is 3.93. The lowest BCUT2D eigenvalue weighted by molar-refractivity contribution is -0.155. The normalized spacial score (nSPS) is 12.6. The molecule has 0 spiro atoms. The largest absolute Gasteiger partial charge is 0.463 e. The van der Waals surface area contributed by atoms with Crippen LogP contribution >= 0.6 is 31.1 Å². The first kappa shape index (κ1) is 54.4. The van der Waals surface area contributed by atoms with Crippen molar-refractivity contribution in [2.24, 2.45) is 10.8 Å². The molecule has 0 heterocycles. The van der Waals surface area contributed by atoms with E-state index in [-0.39, 0.29) is 63.1 Å².